The minimum Gasteiger partial charge on any atom is -0.487 e. The van der Waals surface area contributed by atoms with Crippen LogP contribution < -0.4 is 4.74 Å². The summed E-state index contributed by atoms with van der Waals surface area (Å²) in [5, 5.41) is 8.23. The summed E-state index contributed by atoms with van der Waals surface area (Å²) in [7, 11) is 0. The Labute approximate surface area is 183 Å². The maximum Gasteiger partial charge on any atom is 0.194 e. The molecule has 1 aromatic heterocycles. The van der Waals surface area contributed by atoms with E-state index in [1.165, 1.54) is 0 Å². The molecule has 32 heavy (non-hydrogen) atoms. The molecule has 0 atom stereocenters. The Kier molecular flexibility index (Phi) is 4.91. The zero-order chi connectivity index (χ0) is 22.1. The molecule has 0 bridgehead atoms. The number of aromatic nitrogens is 3. The van der Waals surface area contributed by atoms with Gasteiger partial charge in [0.15, 0.2) is 11.6 Å². The standard InChI is InChI=1S/C25H17N3O4/c29-14-17-4-3-5-19(10-17)32-15-18-13-28(27-26-18)12-16-8-9-22-23(11-16)25(31)21-7-2-1-6-20(21)24(22)30/h1-11,13-14H,12,15H2. The summed E-state index contributed by atoms with van der Waals surface area (Å²) in [6.45, 7) is 0.598. The summed E-state index contributed by atoms with van der Waals surface area (Å²) in [6.07, 6.45) is 2.52. The Morgan fingerprint density at radius 3 is 2.38 bits per heavy atom. The predicted molar refractivity (Wildman–Crippen MR) is 115 cm³/mol. The Hall–Kier alpha value is -4.39. The first-order valence-electron chi connectivity index (χ1n) is 10.0. The number of benzene rings is 3. The third-order valence-corrected chi connectivity index (χ3v) is 5.30. The van der Waals surface area contributed by atoms with Crippen LogP contribution in [0.1, 0.15) is 53.5 Å². The number of ketones is 2. The van der Waals surface area contributed by atoms with Crippen LogP contribution in [-0.2, 0) is 13.2 Å². The van der Waals surface area contributed by atoms with E-state index in [0.29, 0.717) is 45.8 Å². The lowest BCUT2D eigenvalue weighted by atomic mass is 9.83. The lowest BCUT2D eigenvalue weighted by Crippen LogP contribution is -2.21. The molecular formula is C25H17N3O4. The van der Waals surface area contributed by atoms with E-state index >= 15 is 0 Å². The van der Waals surface area contributed by atoms with Crippen molar-refractivity contribution in [1.82, 2.24) is 15.0 Å². The number of fused-ring (bicyclic) bond motifs is 2. The second-order valence-electron chi connectivity index (χ2n) is 7.47. The van der Waals surface area contributed by atoms with Crippen LogP contribution in [0.2, 0.25) is 0 Å². The third-order valence-electron chi connectivity index (χ3n) is 5.30. The maximum atomic E-state index is 12.9. The quantitative estimate of drug-likeness (QED) is 0.388. The molecule has 0 saturated carbocycles. The number of aldehydes is 1. The van der Waals surface area contributed by atoms with Crippen LogP contribution in [0, 0.1) is 0 Å². The highest BCUT2D eigenvalue weighted by Gasteiger charge is 2.29. The summed E-state index contributed by atoms with van der Waals surface area (Å²) >= 11 is 0. The van der Waals surface area contributed by atoms with E-state index in [-0.39, 0.29) is 18.2 Å². The van der Waals surface area contributed by atoms with Gasteiger partial charge in [0.05, 0.1) is 12.7 Å². The molecule has 0 radical (unpaired) electrons. The molecular weight excluding hydrogens is 406 g/mol. The first kappa shape index (κ1) is 19.6. The van der Waals surface area contributed by atoms with Crippen molar-refractivity contribution in [3.05, 3.63) is 112 Å². The fourth-order valence-electron chi connectivity index (χ4n) is 3.75. The van der Waals surface area contributed by atoms with Crippen molar-refractivity contribution in [2.24, 2.45) is 0 Å². The van der Waals surface area contributed by atoms with Gasteiger partial charge in [-0.15, -0.1) is 5.10 Å². The monoisotopic (exact) mass is 423 g/mol. The highest BCUT2D eigenvalue weighted by Crippen LogP contribution is 2.28. The molecule has 7 nitrogen and oxygen atoms in total. The molecule has 0 fully saturated rings. The summed E-state index contributed by atoms with van der Waals surface area (Å²) in [6, 6.07) is 19.0. The largest absolute Gasteiger partial charge is 0.487 e. The molecule has 0 amide bonds. The number of ether oxygens (including phenoxy) is 1. The van der Waals surface area contributed by atoms with Crippen molar-refractivity contribution >= 4 is 17.9 Å². The molecule has 0 N–H and O–H groups in total. The van der Waals surface area contributed by atoms with Crippen LogP contribution >= 0.6 is 0 Å². The van der Waals surface area contributed by atoms with Gasteiger partial charge >= 0.3 is 0 Å². The lowest BCUT2D eigenvalue weighted by molar-refractivity contribution is 0.0979. The lowest BCUT2D eigenvalue weighted by Gasteiger charge is -2.18. The van der Waals surface area contributed by atoms with Gasteiger partial charge in [-0.3, -0.25) is 14.4 Å². The van der Waals surface area contributed by atoms with Crippen LogP contribution in [-0.4, -0.2) is 32.8 Å². The van der Waals surface area contributed by atoms with Gasteiger partial charge in [-0.25, -0.2) is 4.68 Å². The van der Waals surface area contributed by atoms with Crippen molar-refractivity contribution < 1.29 is 19.1 Å². The zero-order valence-electron chi connectivity index (χ0n) is 16.9. The van der Waals surface area contributed by atoms with Gasteiger partial charge < -0.3 is 4.74 Å². The molecule has 1 aliphatic carbocycles. The molecule has 5 rings (SSSR count). The first-order valence-corrected chi connectivity index (χ1v) is 10.0. The second kappa shape index (κ2) is 8.03. The van der Waals surface area contributed by atoms with E-state index in [4.69, 9.17) is 4.74 Å². The van der Waals surface area contributed by atoms with Crippen LogP contribution in [0.5, 0.6) is 5.75 Å². The molecule has 1 aliphatic rings. The maximum absolute atomic E-state index is 12.9. The number of nitrogens with zero attached hydrogens (tertiary/aromatic N) is 3. The second-order valence-corrected chi connectivity index (χ2v) is 7.47. The third kappa shape index (κ3) is 3.60. The van der Waals surface area contributed by atoms with Crippen molar-refractivity contribution in [3.63, 3.8) is 0 Å². The molecule has 0 saturated heterocycles. The molecule has 1 heterocycles. The van der Waals surface area contributed by atoms with E-state index in [0.717, 1.165) is 11.8 Å². The molecule has 4 aromatic rings. The average Bonchev–Trinajstić information content (AvgIpc) is 3.28. The molecule has 3 aromatic carbocycles. The Morgan fingerprint density at radius 1 is 0.844 bits per heavy atom. The van der Waals surface area contributed by atoms with Crippen LogP contribution in [0.15, 0.2) is 72.9 Å². The summed E-state index contributed by atoms with van der Waals surface area (Å²) in [4.78, 5) is 36.5. The van der Waals surface area contributed by atoms with Gasteiger partial charge in [-0.05, 0) is 29.8 Å². The minimum atomic E-state index is -0.151. The minimum absolute atomic E-state index is 0.138. The summed E-state index contributed by atoms with van der Waals surface area (Å²) < 4.78 is 7.32. The number of rotatable bonds is 6. The number of carbonyl (C=O) groups is 3. The van der Waals surface area contributed by atoms with Crippen LogP contribution in [0.4, 0.5) is 0 Å². The van der Waals surface area contributed by atoms with Crippen molar-refractivity contribution in [3.8, 4) is 5.75 Å². The Bertz CT molecular complexity index is 1370. The molecule has 156 valence electrons. The SMILES string of the molecule is O=Cc1cccc(OCc2cn(Cc3ccc4c(c3)C(=O)c3ccccc3C4=O)nn2)c1. The molecule has 7 heteroatoms. The fourth-order valence-corrected chi connectivity index (χ4v) is 3.75. The van der Waals surface area contributed by atoms with Crippen LogP contribution in [0.3, 0.4) is 0 Å². The van der Waals surface area contributed by atoms with Gasteiger partial charge in [0.25, 0.3) is 0 Å². The normalized spacial score (nSPS) is 12.2. The summed E-state index contributed by atoms with van der Waals surface area (Å²) in [5.74, 6) is 0.283. The van der Waals surface area contributed by atoms with Crippen LogP contribution in [0.25, 0.3) is 0 Å². The smallest absolute Gasteiger partial charge is 0.194 e. The van der Waals surface area contributed by atoms with E-state index < -0.39 is 0 Å². The molecule has 0 spiro atoms. The average molecular weight is 423 g/mol. The molecule has 0 aliphatic heterocycles. The fraction of sp³-hybridized carbons (Fsp3) is 0.0800. The number of hydrogen-bond donors (Lipinski definition) is 0. The van der Waals surface area contributed by atoms with Gasteiger partial charge in [-0.2, -0.15) is 0 Å². The van der Waals surface area contributed by atoms with E-state index in [1.54, 1.807) is 71.5 Å². The van der Waals surface area contributed by atoms with Crippen molar-refractivity contribution in [1.29, 1.82) is 0 Å². The van der Waals surface area contributed by atoms with Gasteiger partial charge in [0, 0.05) is 27.8 Å². The van der Waals surface area contributed by atoms with E-state index in [9.17, 15) is 14.4 Å². The van der Waals surface area contributed by atoms with Crippen molar-refractivity contribution in [2.75, 3.05) is 0 Å². The highest BCUT2D eigenvalue weighted by molar-refractivity contribution is 6.28. The van der Waals surface area contributed by atoms with Gasteiger partial charge in [-0.1, -0.05) is 47.7 Å². The van der Waals surface area contributed by atoms with Gasteiger partial charge in [0.2, 0.25) is 0 Å². The van der Waals surface area contributed by atoms with Gasteiger partial charge in [0.1, 0.15) is 24.3 Å². The number of carbonyl (C=O) groups excluding carboxylic acids is 3. The first-order chi connectivity index (χ1) is 15.6. The zero-order valence-corrected chi connectivity index (χ0v) is 16.9. The Morgan fingerprint density at radius 2 is 1.59 bits per heavy atom. The Balaban J connectivity index is 1.31. The van der Waals surface area contributed by atoms with E-state index in [2.05, 4.69) is 10.3 Å². The summed E-state index contributed by atoms with van der Waals surface area (Å²) in [5.41, 5.74) is 3.69. The topological polar surface area (TPSA) is 91.2 Å². The predicted octanol–water partition coefficient (Wildman–Crippen LogP) is 3.49. The highest BCUT2D eigenvalue weighted by atomic mass is 16.5. The van der Waals surface area contributed by atoms with E-state index in [1.807, 2.05) is 6.07 Å². The number of hydrogen-bond acceptors (Lipinski definition) is 6. The van der Waals surface area contributed by atoms with Crippen molar-refractivity contribution in [2.45, 2.75) is 13.2 Å². The molecule has 0 unspecified atom stereocenters.